The van der Waals surface area contributed by atoms with Gasteiger partial charge in [0, 0.05) is 5.41 Å². The number of hydrogen-bond acceptors (Lipinski definition) is 3. The summed E-state index contributed by atoms with van der Waals surface area (Å²) in [6.45, 7) is 5.50. The Morgan fingerprint density at radius 1 is 1.38 bits per heavy atom. The van der Waals surface area contributed by atoms with Crippen LogP contribution in [0.15, 0.2) is 6.33 Å². The zero-order valence-electron chi connectivity index (χ0n) is 7.80. The van der Waals surface area contributed by atoms with E-state index in [4.69, 9.17) is 5.26 Å². The van der Waals surface area contributed by atoms with Crippen LogP contribution in [0.1, 0.15) is 32.2 Å². The Bertz CT molecular complexity index is 360. The summed E-state index contributed by atoms with van der Waals surface area (Å²) in [6.07, 6.45) is 1.21. The first-order valence-electron chi connectivity index (χ1n) is 3.88. The van der Waals surface area contributed by atoms with Crippen LogP contribution in [0.4, 0.5) is 4.39 Å². The molecule has 0 atom stereocenters. The third-order valence-electron chi connectivity index (χ3n) is 1.61. The number of nitriles is 1. The van der Waals surface area contributed by atoms with Crippen molar-refractivity contribution in [1.82, 2.24) is 9.97 Å². The Morgan fingerprint density at radius 2 is 2.00 bits per heavy atom. The molecule has 0 bridgehead atoms. The average Bonchev–Trinajstić information content (AvgIpc) is 2.02. The first-order chi connectivity index (χ1) is 5.96. The first kappa shape index (κ1) is 9.59. The van der Waals surface area contributed by atoms with E-state index in [-0.39, 0.29) is 11.4 Å². The van der Waals surface area contributed by atoms with Crippen molar-refractivity contribution in [3.05, 3.63) is 23.5 Å². The van der Waals surface area contributed by atoms with E-state index in [9.17, 15) is 4.39 Å². The van der Waals surface area contributed by atoms with E-state index < -0.39 is 11.2 Å². The van der Waals surface area contributed by atoms with Crippen LogP contribution in [-0.2, 0) is 5.41 Å². The molecule has 0 saturated heterocycles. The zero-order chi connectivity index (χ0) is 10.1. The van der Waals surface area contributed by atoms with E-state index in [0.29, 0.717) is 0 Å². The Balaban J connectivity index is 3.34. The lowest BCUT2D eigenvalue weighted by atomic mass is 9.91. The number of nitrogens with zero attached hydrogens (tertiary/aromatic N) is 3. The second-order valence-electron chi connectivity index (χ2n) is 3.75. The normalized spacial score (nSPS) is 11.0. The summed E-state index contributed by atoms with van der Waals surface area (Å²) >= 11 is 0. The number of halogens is 1. The van der Waals surface area contributed by atoms with Crippen LogP contribution < -0.4 is 0 Å². The highest BCUT2D eigenvalue weighted by molar-refractivity contribution is 5.27. The van der Waals surface area contributed by atoms with Crippen LogP contribution in [0.5, 0.6) is 0 Å². The van der Waals surface area contributed by atoms with Gasteiger partial charge in [-0.1, -0.05) is 20.8 Å². The summed E-state index contributed by atoms with van der Waals surface area (Å²) < 4.78 is 13.4. The van der Waals surface area contributed by atoms with Crippen molar-refractivity contribution in [2.75, 3.05) is 0 Å². The molecule has 0 amide bonds. The molecule has 0 fully saturated rings. The molecule has 0 aliphatic heterocycles. The monoisotopic (exact) mass is 179 g/mol. The molecule has 1 aromatic heterocycles. The molecule has 0 N–H and O–H groups in total. The lowest BCUT2D eigenvalue weighted by Crippen LogP contribution is -2.17. The maximum Gasteiger partial charge on any atom is 0.181 e. The lowest BCUT2D eigenvalue weighted by molar-refractivity contribution is 0.495. The summed E-state index contributed by atoms with van der Waals surface area (Å²) in [7, 11) is 0. The summed E-state index contributed by atoms with van der Waals surface area (Å²) in [5.74, 6) is -0.613. The van der Waals surface area contributed by atoms with Crippen LogP contribution in [-0.4, -0.2) is 9.97 Å². The van der Waals surface area contributed by atoms with Gasteiger partial charge in [-0.2, -0.15) is 5.26 Å². The van der Waals surface area contributed by atoms with Crippen molar-refractivity contribution < 1.29 is 4.39 Å². The third kappa shape index (κ3) is 1.81. The second-order valence-corrected chi connectivity index (χ2v) is 3.75. The summed E-state index contributed by atoms with van der Waals surface area (Å²) in [4.78, 5) is 7.34. The van der Waals surface area contributed by atoms with Crippen LogP contribution in [0, 0.1) is 17.1 Å². The molecule has 68 valence electrons. The molecule has 0 aliphatic rings. The number of rotatable bonds is 0. The van der Waals surface area contributed by atoms with E-state index in [1.165, 1.54) is 6.33 Å². The highest BCUT2D eigenvalue weighted by atomic mass is 19.1. The molecule has 1 heterocycles. The van der Waals surface area contributed by atoms with Crippen LogP contribution in [0.3, 0.4) is 0 Å². The van der Waals surface area contributed by atoms with Crippen molar-refractivity contribution in [3.8, 4) is 6.07 Å². The van der Waals surface area contributed by atoms with Gasteiger partial charge in [0.05, 0.1) is 5.69 Å². The Kier molecular flexibility index (Phi) is 2.28. The van der Waals surface area contributed by atoms with Crippen molar-refractivity contribution in [2.24, 2.45) is 0 Å². The quantitative estimate of drug-likeness (QED) is 0.610. The lowest BCUT2D eigenvalue weighted by Gasteiger charge is -2.17. The zero-order valence-corrected chi connectivity index (χ0v) is 7.80. The minimum atomic E-state index is -0.613. The summed E-state index contributed by atoms with van der Waals surface area (Å²) in [5, 5.41) is 8.53. The standard InChI is InChI=1S/C9H10FN3/c1-9(2,3)8-7(10)6(4-11)12-5-13-8/h5H,1-3H3. The minimum Gasteiger partial charge on any atom is -0.238 e. The summed E-state index contributed by atoms with van der Waals surface area (Å²) in [6, 6.07) is 1.68. The van der Waals surface area contributed by atoms with Gasteiger partial charge in [0.1, 0.15) is 12.4 Å². The SMILES string of the molecule is CC(C)(C)c1ncnc(C#N)c1F. The van der Waals surface area contributed by atoms with Gasteiger partial charge in [-0.25, -0.2) is 14.4 Å². The smallest absolute Gasteiger partial charge is 0.181 e. The van der Waals surface area contributed by atoms with Crippen LogP contribution in [0.2, 0.25) is 0 Å². The molecule has 0 aromatic carbocycles. The Morgan fingerprint density at radius 3 is 2.46 bits per heavy atom. The van der Waals surface area contributed by atoms with Crippen LogP contribution in [0.25, 0.3) is 0 Å². The van der Waals surface area contributed by atoms with Crippen LogP contribution >= 0.6 is 0 Å². The van der Waals surface area contributed by atoms with Gasteiger partial charge in [-0.15, -0.1) is 0 Å². The topological polar surface area (TPSA) is 49.6 Å². The molecule has 3 nitrogen and oxygen atoms in total. The highest BCUT2D eigenvalue weighted by Gasteiger charge is 2.22. The predicted octanol–water partition coefficient (Wildman–Crippen LogP) is 1.78. The molecule has 0 saturated carbocycles. The molecule has 0 radical (unpaired) electrons. The van der Waals surface area contributed by atoms with E-state index in [1.54, 1.807) is 6.07 Å². The van der Waals surface area contributed by atoms with E-state index >= 15 is 0 Å². The molecule has 0 spiro atoms. The second kappa shape index (κ2) is 3.09. The number of aromatic nitrogens is 2. The van der Waals surface area contributed by atoms with Gasteiger partial charge in [-0.05, 0) is 0 Å². The molecular weight excluding hydrogens is 169 g/mol. The fourth-order valence-corrected chi connectivity index (χ4v) is 0.971. The van der Waals surface area contributed by atoms with Crippen molar-refractivity contribution in [2.45, 2.75) is 26.2 Å². The van der Waals surface area contributed by atoms with E-state index in [1.807, 2.05) is 20.8 Å². The van der Waals surface area contributed by atoms with Gasteiger partial charge >= 0.3 is 0 Å². The maximum absolute atomic E-state index is 13.4. The fourth-order valence-electron chi connectivity index (χ4n) is 0.971. The van der Waals surface area contributed by atoms with Gasteiger partial charge in [-0.3, -0.25) is 0 Å². The Hall–Kier alpha value is -1.50. The fraction of sp³-hybridized carbons (Fsp3) is 0.444. The molecule has 4 heteroatoms. The van der Waals surface area contributed by atoms with Gasteiger partial charge in [0.25, 0.3) is 0 Å². The third-order valence-corrected chi connectivity index (χ3v) is 1.61. The van der Waals surface area contributed by atoms with Gasteiger partial charge < -0.3 is 0 Å². The molecule has 1 aromatic rings. The molecule has 13 heavy (non-hydrogen) atoms. The maximum atomic E-state index is 13.4. The highest BCUT2D eigenvalue weighted by Crippen LogP contribution is 2.22. The molecule has 0 aliphatic carbocycles. The minimum absolute atomic E-state index is 0.195. The molecule has 1 rings (SSSR count). The molecular formula is C9H10FN3. The first-order valence-corrected chi connectivity index (χ1v) is 3.88. The summed E-state index contributed by atoms with van der Waals surface area (Å²) in [5.41, 5.74) is -0.322. The number of hydrogen-bond donors (Lipinski definition) is 0. The van der Waals surface area contributed by atoms with E-state index in [2.05, 4.69) is 9.97 Å². The predicted molar refractivity (Wildman–Crippen MR) is 45.4 cm³/mol. The van der Waals surface area contributed by atoms with Gasteiger partial charge in [0.15, 0.2) is 11.5 Å². The molecule has 0 unspecified atom stereocenters. The largest absolute Gasteiger partial charge is 0.238 e. The Labute approximate surface area is 76.3 Å². The average molecular weight is 179 g/mol. The van der Waals surface area contributed by atoms with Crippen molar-refractivity contribution in [3.63, 3.8) is 0 Å². The van der Waals surface area contributed by atoms with E-state index in [0.717, 1.165) is 0 Å². The van der Waals surface area contributed by atoms with Gasteiger partial charge in [0.2, 0.25) is 0 Å². The van der Waals surface area contributed by atoms with Crippen molar-refractivity contribution in [1.29, 1.82) is 5.26 Å². The van der Waals surface area contributed by atoms with Crippen molar-refractivity contribution >= 4 is 0 Å².